The smallest absolute Gasteiger partial charge is 0.249 e. The van der Waals surface area contributed by atoms with Crippen LogP contribution in [0.25, 0.3) is 0 Å². The largest absolute Gasteiger partial charge is 0.493 e. The standard InChI is InChI=1S/C22H27N3O4/c1-3-4-8-14-29-22-17(10-9-13-19(22)28-2)16-23-25-21(27)15-20(26)24-18-11-6-5-7-12-18/h5-7,9-13,16H,3-4,8,14-15H2,1-2H3,(H,24,26)(H,25,27). The van der Waals surface area contributed by atoms with Crippen LogP contribution in [-0.4, -0.2) is 31.7 Å². The molecule has 0 atom stereocenters. The molecular weight excluding hydrogens is 370 g/mol. The van der Waals surface area contributed by atoms with Crippen molar-refractivity contribution < 1.29 is 19.1 Å². The zero-order valence-corrected chi connectivity index (χ0v) is 16.8. The van der Waals surface area contributed by atoms with Gasteiger partial charge in [0.2, 0.25) is 11.8 Å². The van der Waals surface area contributed by atoms with Crippen LogP contribution < -0.4 is 20.2 Å². The Kier molecular flexibility index (Phi) is 9.21. The summed E-state index contributed by atoms with van der Waals surface area (Å²) in [6, 6.07) is 14.4. The minimum Gasteiger partial charge on any atom is -0.493 e. The number of benzene rings is 2. The van der Waals surface area contributed by atoms with Crippen LogP contribution in [-0.2, 0) is 9.59 Å². The molecule has 2 aromatic carbocycles. The van der Waals surface area contributed by atoms with E-state index in [9.17, 15) is 9.59 Å². The number of nitrogens with zero attached hydrogens (tertiary/aromatic N) is 1. The van der Waals surface area contributed by atoms with Gasteiger partial charge in [-0.2, -0.15) is 5.10 Å². The van der Waals surface area contributed by atoms with Crippen LogP contribution >= 0.6 is 0 Å². The summed E-state index contributed by atoms with van der Waals surface area (Å²) in [6.07, 6.45) is 4.28. The number of ether oxygens (including phenoxy) is 2. The molecule has 0 bridgehead atoms. The van der Waals surface area contributed by atoms with Crippen molar-refractivity contribution in [3.05, 3.63) is 54.1 Å². The summed E-state index contributed by atoms with van der Waals surface area (Å²) in [6.45, 7) is 2.70. The average Bonchev–Trinajstić information content (AvgIpc) is 2.72. The minimum absolute atomic E-state index is 0.329. The van der Waals surface area contributed by atoms with Gasteiger partial charge < -0.3 is 14.8 Å². The van der Waals surface area contributed by atoms with E-state index in [0.717, 1.165) is 19.3 Å². The summed E-state index contributed by atoms with van der Waals surface area (Å²) in [5.74, 6) is 0.248. The van der Waals surface area contributed by atoms with E-state index in [-0.39, 0.29) is 6.42 Å². The summed E-state index contributed by atoms with van der Waals surface area (Å²) in [7, 11) is 1.57. The van der Waals surface area contributed by atoms with E-state index in [0.29, 0.717) is 29.4 Å². The lowest BCUT2D eigenvalue weighted by molar-refractivity contribution is -0.126. The number of para-hydroxylation sites is 2. The summed E-state index contributed by atoms with van der Waals surface area (Å²) >= 11 is 0. The van der Waals surface area contributed by atoms with E-state index >= 15 is 0 Å². The maximum atomic E-state index is 11.9. The summed E-state index contributed by atoms with van der Waals surface area (Å²) in [5.41, 5.74) is 3.67. The van der Waals surface area contributed by atoms with E-state index in [1.165, 1.54) is 6.21 Å². The molecule has 154 valence electrons. The van der Waals surface area contributed by atoms with Crippen molar-refractivity contribution in [3.63, 3.8) is 0 Å². The minimum atomic E-state index is -0.511. The first-order valence-corrected chi connectivity index (χ1v) is 9.60. The van der Waals surface area contributed by atoms with Crippen molar-refractivity contribution in [1.29, 1.82) is 0 Å². The maximum Gasteiger partial charge on any atom is 0.249 e. The van der Waals surface area contributed by atoms with Gasteiger partial charge in [0.15, 0.2) is 11.5 Å². The molecule has 2 amide bonds. The number of hydrogen-bond acceptors (Lipinski definition) is 5. The van der Waals surface area contributed by atoms with Crippen LogP contribution in [0, 0.1) is 0 Å². The number of nitrogens with one attached hydrogen (secondary N) is 2. The van der Waals surface area contributed by atoms with E-state index in [1.807, 2.05) is 18.2 Å². The molecule has 0 radical (unpaired) electrons. The Balaban J connectivity index is 1.91. The summed E-state index contributed by atoms with van der Waals surface area (Å²) in [5, 5.41) is 6.59. The fraction of sp³-hybridized carbons (Fsp3) is 0.318. The second-order valence-electron chi connectivity index (χ2n) is 6.32. The first-order valence-electron chi connectivity index (χ1n) is 9.60. The predicted octanol–water partition coefficient (Wildman–Crippen LogP) is 3.74. The molecule has 0 unspecified atom stereocenters. The number of anilines is 1. The number of carbonyl (C=O) groups is 2. The average molecular weight is 397 g/mol. The highest BCUT2D eigenvalue weighted by atomic mass is 16.5. The Bertz CT molecular complexity index is 822. The number of methoxy groups -OCH3 is 1. The molecule has 7 nitrogen and oxygen atoms in total. The zero-order valence-electron chi connectivity index (χ0n) is 16.8. The quantitative estimate of drug-likeness (QED) is 0.262. The van der Waals surface area contributed by atoms with Crippen molar-refractivity contribution in [3.8, 4) is 11.5 Å². The van der Waals surface area contributed by atoms with Gasteiger partial charge in [-0.15, -0.1) is 0 Å². The van der Waals surface area contributed by atoms with Gasteiger partial charge in [-0.3, -0.25) is 9.59 Å². The Labute approximate surface area is 171 Å². The van der Waals surface area contributed by atoms with Crippen LogP contribution in [0.15, 0.2) is 53.6 Å². The van der Waals surface area contributed by atoms with Crippen molar-refractivity contribution in [2.45, 2.75) is 32.6 Å². The van der Waals surface area contributed by atoms with Gasteiger partial charge >= 0.3 is 0 Å². The fourth-order valence-electron chi connectivity index (χ4n) is 2.56. The van der Waals surface area contributed by atoms with E-state index in [1.54, 1.807) is 37.4 Å². The lowest BCUT2D eigenvalue weighted by atomic mass is 10.2. The molecule has 0 heterocycles. The maximum absolute atomic E-state index is 11.9. The zero-order chi connectivity index (χ0) is 20.9. The fourth-order valence-corrected chi connectivity index (χ4v) is 2.56. The normalized spacial score (nSPS) is 10.6. The number of rotatable bonds is 11. The first-order chi connectivity index (χ1) is 14.1. The monoisotopic (exact) mass is 397 g/mol. The molecule has 0 aliphatic rings. The third-order valence-electron chi connectivity index (χ3n) is 4.00. The topological polar surface area (TPSA) is 89.0 Å². The molecule has 0 aromatic heterocycles. The second kappa shape index (κ2) is 12.2. The Morgan fingerprint density at radius 1 is 1.03 bits per heavy atom. The molecule has 2 N–H and O–H groups in total. The van der Waals surface area contributed by atoms with Gasteiger partial charge in [-0.25, -0.2) is 5.43 Å². The lowest BCUT2D eigenvalue weighted by Gasteiger charge is -2.13. The lowest BCUT2D eigenvalue weighted by Crippen LogP contribution is -2.24. The second-order valence-corrected chi connectivity index (χ2v) is 6.32. The summed E-state index contributed by atoms with van der Waals surface area (Å²) < 4.78 is 11.2. The highest BCUT2D eigenvalue weighted by molar-refractivity contribution is 6.03. The Morgan fingerprint density at radius 3 is 2.55 bits per heavy atom. The van der Waals surface area contributed by atoms with Crippen LogP contribution in [0.3, 0.4) is 0 Å². The Morgan fingerprint density at radius 2 is 1.83 bits per heavy atom. The highest BCUT2D eigenvalue weighted by Crippen LogP contribution is 2.30. The molecule has 2 aromatic rings. The molecule has 2 rings (SSSR count). The molecule has 29 heavy (non-hydrogen) atoms. The van der Waals surface area contributed by atoms with E-state index in [4.69, 9.17) is 9.47 Å². The number of unbranched alkanes of at least 4 members (excludes halogenated alkanes) is 2. The van der Waals surface area contributed by atoms with Gasteiger partial charge in [0.25, 0.3) is 0 Å². The van der Waals surface area contributed by atoms with Gasteiger partial charge in [0, 0.05) is 11.3 Å². The molecule has 0 aliphatic heterocycles. The van der Waals surface area contributed by atoms with Crippen LogP contribution in [0.2, 0.25) is 0 Å². The number of hydrazone groups is 1. The molecule has 0 aliphatic carbocycles. The summed E-state index contributed by atoms with van der Waals surface area (Å²) in [4.78, 5) is 23.8. The molecule has 0 saturated heterocycles. The predicted molar refractivity (Wildman–Crippen MR) is 113 cm³/mol. The molecule has 0 saturated carbocycles. The van der Waals surface area contributed by atoms with Crippen molar-refractivity contribution in [1.82, 2.24) is 5.43 Å². The molecule has 0 fully saturated rings. The van der Waals surface area contributed by atoms with Crippen molar-refractivity contribution in [2.24, 2.45) is 5.10 Å². The highest BCUT2D eigenvalue weighted by Gasteiger charge is 2.11. The SMILES string of the molecule is CCCCCOc1c(C=NNC(=O)CC(=O)Nc2ccccc2)cccc1OC. The third kappa shape index (κ3) is 7.65. The number of hydrogen-bond donors (Lipinski definition) is 2. The molecule has 7 heteroatoms. The van der Waals surface area contributed by atoms with Gasteiger partial charge in [0.1, 0.15) is 6.42 Å². The van der Waals surface area contributed by atoms with E-state index < -0.39 is 11.8 Å². The molecular formula is C22H27N3O4. The van der Waals surface area contributed by atoms with Crippen molar-refractivity contribution >= 4 is 23.7 Å². The van der Waals surface area contributed by atoms with E-state index in [2.05, 4.69) is 22.8 Å². The van der Waals surface area contributed by atoms with Gasteiger partial charge in [0.05, 0.1) is 19.9 Å². The van der Waals surface area contributed by atoms with Gasteiger partial charge in [-0.05, 0) is 30.7 Å². The Hall–Kier alpha value is -3.35. The van der Waals surface area contributed by atoms with Crippen LogP contribution in [0.5, 0.6) is 11.5 Å². The first kappa shape index (κ1) is 21.9. The molecule has 0 spiro atoms. The number of carbonyl (C=O) groups excluding carboxylic acids is 2. The van der Waals surface area contributed by atoms with Crippen LogP contribution in [0.4, 0.5) is 5.69 Å². The van der Waals surface area contributed by atoms with Crippen LogP contribution in [0.1, 0.15) is 38.2 Å². The van der Waals surface area contributed by atoms with Gasteiger partial charge in [-0.1, -0.05) is 44.0 Å². The number of amides is 2. The third-order valence-corrected chi connectivity index (χ3v) is 4.00. The van der Waals surface area contributed by atoms with Crippen molar-refractivity contribution in [2.75, 3.05) is 19.0 Å².